The van der Waals surface area contributed by atoms with E-state index in [9.17, 15) is 39.4 Å². The topological polar surface area (TPSA) is 519 Å². The number of rotatable bonds is 40. The lowest BCUT2D eigenvalue weighted by atomic mass is 10.1. The molecular weight excluding hydrogens is 1580 g/mol. The number of carbonyl (C=O) groups is 3. The van der Waals surface area contributed by atoms with Gasteiger partial charge in [0.05, 0.1) is 28.7 Å². The molecule has 0 fully saturated rings. The third-order valence-corrected chi connectivity index (χ3v) is 15.8. The molecule has 0 radical (unpaired) electrons. The second-order valence-electron chi connectivity index (χ2n) is 24.4. The average molecular weight is 1700 g/mol. The molecule has 6 aromatic carbocycles. The zero-order valence-electron chi connectivity index (χ0n) is 66.8. The number of hydrogen-bond donors (Lipinski definition) is 15. The monoisotopic (exact) mass is 1700 g/mol. The highest BCUT2D eigenvalue weighted by atomic mass is 35.5. The number of aliphatic hydroxyl groups excluding tert-OH is 2. The van der Waals surface area contributed by atoms with E-state index in [1.807, 2.05) is 84.3 Å². The van der Waals surface area contributed by atoms with Crippen molar-refractivity contribution in [3.8, 4) is 0 Å². The van der Waals surface area contributed by atoms with E-state index in [1.165, 1.54) is 98.1 Å². The minimum absolute atomic E-state index is 0.000286. The smallest absolute Gasteiger partial charge is 0.326 e. The highest BCUT2D eigenvalue weighted by Gasteiger charge is 2.19. The molecule has 0 spiro atoms. The van der Waals surface area contributed by atoms with Crippen LogP contribution in [0.15, 0.2) is 151 Å². The minimum Gasteiger partial charge on any atom is -0.481 e. The summed E-state index contributed by atoms with van der Waals surface area (Å²) >= 11 is 23.2. The molecule has 0 heterocycles. The Morgan fingerprint density at radius 2 is 0.741 bits per heavy atom. The van der Waals surface area contributed by atoms with Crippen molar-refractivity contribution in [3.63, 3.8) is 0 Å². The number of alkyl halides is 4. The van der Waals surface area contributed by atoms with Gasteiger partial charge in [0.25, 0.3) is 11.4 Å². The first-order valence-corrected chi connectivity index (χ1v) is 38.8. The number of benzene rings is 6. The number of nitrogens with zero attached hydrogens (tertiary/aromatic N) is 6. The quantitative estimate of drug-likeness (QED) is 0.00424. The highest BCUT2D eigenvalue weighted by Crippen LogP contribution is 2.24. The molecule has 0 bridgehead atoms. The second kappa shape index (κ2) is 73.9. The van der Waals surface area contributed by atoms with Crippen LogP contribution in [0.3, 0.4) is 0 Å². The SMILES string of the molecule is CCCC(C)NC(=O)Nc1ccc([N+](=O)[O-])cc1.CCCC(C)Nc1ccc(N(CCCl)CCCl)cc1.CCCC(C)Nc1ccc(N(CCO)CCO)cc1.CCCC(C)Nc1ccc(N)cc1.N=C=O.N=C=O.N=C=O.N=C=O.O=C(O)CCC(Nc1ccc(N(CCCl)CCCl)cc1)C(=O)O.O=C=Nc1ccc([N+](=O)[O-])cc1. The van der Waals surface area contributed by atoms with Crippen LogP contribution in [-0.4, -0.2) is 185 Å². The summed E-state index contributed by atoms with van der Waals surface area (Å²) in [5.74, 6) is 0.0854. The van der Waals surface area contributed by atoms with Crippen LogP contribution in [0.1, 0.15) is 120 Å². The van der Waals surface area contributed by atoms with Crippen molar-refractivity contribution in [2.24, 2.45) is 4.99 Å². The standard InChI is InChI=1S/C15H20Cl2N2O4.C15H24Cl2N2.C15H26N2O2.C12H17N3O3.C11H18N2.C7H4N2O3.4CHNO/c16-7-9-19(10-8-17)12-3-1-11(2-4-12)18-13(15(22)23)5-6-14(20)21;1-3-4-13(2)18-14-5-7-15(8-6-14)19(11-9-16)12-10-17;1-3-4-13(2)16-14-5-7-15(8-6-14)17(9-11-18)10-12-19;1-3-4-9(2)13-12(16)14-10-5-7-11(8-6-10)15(17)18;1-3-4-9(2)13-11-7-5-10(12)6-8-11;10-5-8-6-1-3-7(4-2-6)9(11)12;4*2-1-3/h1-4,13,18H,5-10H2,(H,20,21)(H,22,23);5-8,13,18H,3-4,9-12H2,1-2H3;5-8,13,16,18-19H,3-4,9-12H2,1-2H3;5-9H,3-4H2,1-2H3,(H2,13,14,16);5-9,13H,3-4,12H2,1-2H3;1-4H;4*2H. The Hall–Kier alpha value is -11.3. The molecule has 33 nitrogen and oxygen atoms in total. The Kier molecular flexibility index (Phi) is 70.7. The zero-order valence-corrected chi connectivity index (χ0v) is 69.8. The molecule has 0 aliphatic rings. The third kappa shape index (κ3) is 58.6. The minimum atomic E-state index is -1.08. The van der Waals surface area contributed by atoms with Gasteiger partial charge in [0.15, 0.2) is 0 Å². The van der Waals surface area contributed by atoms with E-state index in [0.717, 1.165) is 85.1 Å². The molecular formula is C79H113Cl4N17O16. The van der Waals surface area contributed by atoms with E-state index in [0.29, 0.717) is 84.9 Å². The molecule has 0 aromatic heterocycles. The van der Waals surface area contributed by atoms with Crippen LogP contribution in [0.25, 0.3) is 0 Å². The van der Waals surface area contributed by atoms with Gasteiger partial charge in [-0.3, -0.25) is 25.0 Å². The fourth-order valence-corrected chi connectivity index (χ4v) is 10.8. The fourth-order valence-electron chi connectivity index (χ4n) is 10.0. The number of nitro benzene ring substituents is 2. The number of anilines is 9. The molecule has 2 amide bonds. The first-order valence-electron chi connectivity index (χ1n) is 36.7. The number of isocyanates is 5. The number of aliphatic hydroxyl groups is 2. The molecule has 37 heteroatoms. The van der Waals surface area contributed by atoms with Gasteiger partial charge in [-0.25, -0.2) is 55.2 Å². The molecule has 0 saturated carbocycles. The van der Waals surface area contributed by atoms with Gasteiger partial charge in [0.2, 0.25) is 30.4 Å². The predicted octanol–water partition coefficient (Wildman–Crippen LogP) is 16.3. The molecule has 5 atom stereocenters. The molecule has 0 aliphatic carbocycles. The number of nitrogens with one attached hydrogen (secondary N) is 10. The number of hydrogen-bond acceptors (Lipinski definition) is 27. The maximum atomic E-state index is 11.6. The van der Waals surface area contributed by atoms with Crippen molar-refractivity contribution in [2.75, 3.05) is 123 Å². The number of aliphatic imine (C=N–C) groups is 1. The van der Waals surface area contributed by atoms with Gasteiger partial charge in [-0.1, -0.05) is 53.4 Å². The highest BCUT2D eigenvalue weighted by molar-refractivity contribution is 6.19. The first-order chi connectivity index (χ1) is 55.5. The number of carboxylic acid groups (broad SMARTS) is 2. The van der Waals surface area contributed by atoms with Crippen molar-refractivity contribution in [2.45, 2.75) is 150 Å². The molecule has 16 N–H and O–H groups in total. The first kappa shape index (κ1) is 111. The van der Waals surface area contributed by atoms with Crippen molar-refractivity contribution in [3.05, 3.63) is 166 Å². The number of urea groups is 1. The Bertz CT molecular complexity index is 3610. The van der Waals surface area contributed by atoms with E-state index in [2.05, 4.69) is 108 Å². The number of carboxylic acids is 2. The number of nitrogen functional groups attached to an aromatic ring is 1. The Morgan fingerprint density at radius 1 is 0.457 bits per heavy atom. The summed E-state index contributed by atoms with van der Waals surface area (Å²) in [5, 5.41) is 96.7. The molecule has 0 saturated heterocycles. The van der Waals surface area contributed by atoms with Crippen molar-refractivity contribution in [1.29, 1.82) is 21.6 Å². The van der Waals surface area contributed by atoms with Gasteiger partial charge in [-0.2, -0.15) is 4.99 Å². The van der Waals surface area contributed by atoms with Crippen LogP contribution in [0.5, 0.6) is 0 Å². The van der Waals surface area contributed by atoms with Crippen molar-refractivity contribution >= 4 is 163 Å². The number of amides is 2. The van der Waals surface area contributed by atoms with Crippen LogP contribution >= 0.6 is 46.4 Å². The van der Waals surface area contributed by atoms with E-state index >= 15 is 0 Å². The molecule has 116 heavy (non-hydrogen) atoms. The van der Waals surface area contributed by atoms with E-state index in [4.69, 9.17) is 113 Å². The second-order valence-corrected chi connectivity index (χ2v) is 25.9. The summed E-state index contributed by atoms with van der Waals surface area (Å²) in [6.07, 6.45) is 13.2. The van der Waals surface area contributed by atoms with Crippen LogP contribution in [0.2, 0.25) is 0 Å². The number of aliphatic carboxylic acids is 2. The summed E-state index contributed by atoms with van der Waals surface area (Å²) in [6, 6.07) is 43.1. The number of halogens is 4. The van der Waals surface area contributed by atoms with Crippen LogP contribution < -0.4 is 52.3 Å². The van der Waals surface area contributed by atoms with Crippen LogP contribution in [0, 0.1) is 41.9 Å². The van der Waals surface area contributed by atoms with Gasteiger partial charge in [0.1, 0.15) is 6.04 Å². The Morgan fingerprint density at radius 3 is 1.02 bits per heavy atom. The lowest BCUT2D eigenvalue weighted by Gasteiger charge is -2.23. The van der Waals surface area contributed by atoms with Gasteiger partial charge in [-0.15, -0.1) is 46.4 Å². The fraction of sp³-hybridized carbons (Fsp3) is 0.443. The average Bonchev–Trinajstić information content (AvgIpc) is 0.877. The summed E-state index contributed by atoms with van der Waals surface area (Å²) in [6.45, 7) is 21.4. The lowest BCUT2D eigenvalue weighted by Crippen LogP contribution is -2.35. The molecule has 6 aromatic rings. The number of nitrogens with two attached hydrogens (primary N) is 1. The van der Waals surface area contributed by atoms with E-state index in [1.54, 1.807) is 12.1 Å². The number of nitro groups is 2. The number of non-ortho nitro benzene ring substituents is 2. The predicted molar refractivity (Wildman–Crippen MR) is 464 cm³/mol. The summed E-state index contributed by atoms with van der Waals surface area (Å²) in [5.41, 5.74) is 14.4. The third-order valence-electron chi connectivity index (χ3n) is 15.1. The largest absolute Gasteiger partial charge is 0.481 e. The molecule has 6 rings (SSSR count). The van der Waals surface area contributed by atoms with Crippen LogP contribution in [0.4, 0.5) is 73.0 Å². The summed E-state index contributed by atoms with van der Waals surface area (Å²) < 4.78 is 0. The summed E-state index contributed by atoms with van der Waals surface area (Å²) in [4.78, 5) is 106. The van der Waals surface area contributed by atoms with Crippen LogP contribution in [-0.2, 0) is 33.6 Å². The lowest BCUT2D eigenvalue weighted by molar-refractivity contribution is -0.385. The van der Waals surface area contributed by atoms with Gasteiger partial charge >= 0.3 is 18.0 Å². The summed E-state index contributed by atoms with van der Waals surface area (Å²) in [7, 11) is 0. The van der Waals surface area contributed by atoms with Crippen molar-refractivity contribution in [1.82, 2.24) is 5.32 Å². The maximum absolute atomic E-state index is 11.6. The van der Waals surface area contributed by atoms with Gasteiger partial charge in [-0.05, 0) is 181 Å². The normalized spacial score (nSPS) is 10.7. The Labute approximate surface area is 698 Å². The van der Waals surface area contributed by atoms with Crippen molar-refractivity contribution < 1.29 is 68.6 Å². The number of carbonyl (C=O) groups excluding carboxylic acids is 6. The maximum Gasteiger partial charge on any atom is 0.326 e. The molecule has 638 valence electrons. The zero-order chi connectivity index (χ0) is 88.4. The molecule has 0 aliphatic heterocycles. The van der Waals surface area contributed by atoms with Gasteiger partial charge < -0.3 is 72.8 Å². The van der Waals surface area contributed by atoms with Gasteiger partial charge in [0, 0.05) is 169 Å². The van der Waals surface area contributed by atoms with E-state index in [-0.39, 0.29) is 49.5 Å². The Balaban J connectivity index is -0.000000636. The molecule has 5 unspecified atom stereocenters. The van der Waals surface area contributed by atoms with E-state index < -0.39 is 27.8 Å².